The van der Waals surface area contributed by atoms with E-state index in [2.05, 4.69) is 0 Å². The van der Waals surface area contributed by atoms with E-state index >= 15 is 0 Å². The van der Waals surface area contributed by atoms with Crippen molar-refractivity contribution in [3.05, 3.63) is 53.1 Å². The number of aliphatic hydroxyl groups is 1. The Morgan fingerprint density at radius 3 is 1.81 bits per heavy atom. The normalized spacial score (nSPS) is 11.4. The molecule has 0 atom stereocenters. The Bertz CT molecular complexity index is 963. The second-order valence-corrected chi connectivity index (χ2v) is 7.65. The molecule has 0 aliphatic rings. The Hall–Kier alpha value is -2.95. The number of rotatable bonds is 8. The van der Waals surface area contributed by atoms with E-state index in [0.29, 0.717) is 12.6 Å². The number of benzene rings is 2. The molecule has 0 unspecified atom stereocenters. The summed E-state index contributed by atoms with van der Waals surface area (Å²) in [6, 6.07) is 9.10. The predicted octanol–water partition coefficient (Wildman–Crippen LogP) is 7.09. The van der Waals surface area contributed by atoms with Crippen LogP contribution in [0.4, 0.5) is 32.0 Å². The van der Waals surface area contributed by atoms with Crippen molar-refractivity contribution >= 4 is 12.0 Å². The molecule has 2 rings (SSSR count). The number of alkyl halides is 6. The number of aldehydes is 1. The highest BCUT2D eigenvalue weighted by atomic mass is 19.4. The van der Waals surface area contributed by atoms with Gasteiger partial charge in [-0.3, -0.25) is 4.79 Å². The van der Waals surface area contributed by atoms with E-state index < -0.39 is 29.3 Å². The van der Waals surface area contributed by atoms with Gasteiger partial charge in [-0.2, -0.15) is 26.3 Å². The first-order chi connectivity index (χ1) is 17.2. The average molecular weight is 540 g/mol. The number of halogens is 6. The number of aryl methyl sites for hydroxylation is 1. The van der Waals surface area contributed by atoms with Crippen LogP contribution < -0.4 is 14.4 Å². The van der Waals surface area contributed by atoms with E-state index in [0.717, 1.165) is 50.5 Å². The molecule has 0 aliphatic heterocycles. The number of ether oxygens (including phenoxy) is 2. The number of carbonyl (C=O) groups excluding carboxylic acids is 1. The highest BCUT2D eigenvalue weighted by Crippen LogP contribution is 2.55. The van der Waals surface area contributed by atoms with Gasteiger partial charge < -0.3 is 19.5 Å². The van der Waals surface area contributed by atoms with Crippen molar-refractivity contribution in [1.82, 2.24) is 0 Å². The molecular formula is C26H35F6NO4. The van der Waals surface area contributed by atoms with Gasteiger partial charge in [-0.25, -0.2) is 0 Å². The Kier molecular flexibility index (Phi) is 13.5. The van der Waals surface area contributed by atoms with Gasteiger partial charge in [0, 0.05) is 24.7 Å². The summed E-state index contributed by atoms with van der Waals surface area (Å²) in [4.78, 5) is 11.8. The van der Waals surface area contributed by atoms with Crippen molar-refractivity contribution in [1.29, 1.82) is 0 Å². The highest BCUT2D eigenvalue weighted by Gasteiger charge is 2.72. The minimum absolute atomic E-state index is 0.244. The van der Waals surface area contributed by atoms with Crippen LogP contribution in [-0.4, -0.2) is 51.6 Å². The molecule has 0 saturated carbocycles. The van der Waals surface area contributed by atoms with Gasteiger partial charge in [-0.05, 0) is 31.0 Å². The number of nitrogens with zero attached hydrogens (tertiary/aromatic N) is 1. The van der Waals surface area contributed by atoms with Crippen LogP contribution in [0.5, 0.6) is 11.5 Å². The van der Waals surface area contributed by atoms with Crippen LogP contribution in [0.25, 0.3) is 0 Å². The third-order valence-electron chi connectivity index (χ3n) is 5.28. The molecule has 0 spiro atoms. The second-order valence-electron chi connectivity index (χ2n) is 7.65. The fraction of sp³-hybridized carbons (Fsp3) is 0.500. The summed E-state index contributed by atoms with van der Waals surface area (Å²) >= 11 is 0. The molecule has 0 bridgehead atoms. The lowest BCUT2D eigenvalue weighted by Gasteiger charge is -2.34. The van der Waals surface area contributed by atoms with E-state index in [1.165, 1.54) is 0 Å². The van der Waals surface area contributed by atoms with Gasteiger partial charge in [0.1, 0.15) is 6.29 Å². The number of hydrogen-bond donors (Lipinski definition) is 1. The molecule has 5 nitrogen and oxygen atoms in total. The number of unbranched alkanes of at least 4 members (excludes halogenated alkanes) is 1. The molecule has 0 fully saturated rings. The Morgan fingerprint density at radius 1 is 0.919 bits per heavy atom. The number of carbonyl (C=O) groups is 1. The third-order valence-corrected chi connectivity index (χ3v) is 5.28. The zero-order valence-corrected chi connectivity index (χ0v) is 22.0. The van der Waals surface area contributed by atoms with Gasteiger partial charge >= 0.3 is 12.4 Å². The monoisotopic (exact) mass is 539 g/mol. The second kappa shape index (κ2) is 14.7. The summed E-state index contributed by atoms with van der Waals surface area (Å²) in [6.45, 7) is 8.35. The van der Waals surface area contributed by atoms with Crippen molar-refractivity contribution in [2.45, 2.75) is 58.5 Å². The van der Waals surface area contributed by atoms with Crippen LogP contribution in [0.1, 0.15) is 55.1 Å². The summed E-state index contributed by atoms with van der Waals surface area (Å²) in [7, 11) is 3.62. The lowest BCUT2D eigenvalue weighted by Crippen LogP contribution is -2.54. The summed E-state index contributed by atoms with van der Waals surface area (Å²) in [6.07, 6.45) is -9.57. The van der Waals surface area contributed by atoms with Gasteiger partial charge in [-0.15, -0.1) is 0 Å². The molecule has 1 N–H and O–H groups in total. The highest BCUT2D eigenvalue weighted by molar-refractivity contribution is 5.76. The number of anilines is 1. The zero-order valence-electron chi connectivity index (χ0n) is 22.0. The van der Waals surface area contributed by atoms with Crippen molar-refractivity contribution < 1.29 is 45.7 Å². The summed E-state index contributed by atoms with van der Waals surface area (Å²) < 4.78 is 88.9. The fourth-order valence-corrected chi connectivity index (χ4v) is 3.24. The largest absolute Gasteiger partial charge is 0.492 e. The Morgan fingerprint density at radius 2 is 1.43 bits per heavy atom. The summed E-state index contributed by atoms with van der Waals surface area (Å²) in [5, 5.41) is 9.66. The van der Waals surface area contributed by atoms with Crippen LogP contribution >= 0.6 is 0 Å². The maximum atomic E-state index is 13.2. The van der Waals surface area contributed by atoms with Crippen LogP contribution in [0.2, 0.25) is 0 Å². The van der Waals surface area contributed by atoms with E-state index in [1.54, 1.807) is 11.9 Å². The number of methoxy groups -OCH3 is 2. The van der Waals surface area contributed by atoms with Crippen molar-refractivity contribution in [2.24, 2.45) is 0 Å². The molecular weight excluding hydrogens is 504 g/mol. The Labute approximate surface area is 214 Å². The van der Waals surface area contributed by atoms with Gasteiger partial charge in [-0.1, -0.05) is 51.5 Å². The molecule has 0 aliphatic carbocycles. The SMILES string of the molecule is CC.CCCCN(C)c1ccc(C(O)(C(F)(F)F)C(F)(F)F)c(OC)c1OC.Cc1ccccc1C=O. The first-order valence-corrected chi connectivity index (χ1v) is 11.5. The lowest BCUT2D eigenvalue weighted by atomic mass is 9.90. The van der Waals surface area contributed by atoms with Crippen molar-refractivity contribution in [3.63, 3.8) is 0 Å². The average Bonchev–Trinajstić information content (AvgIpc) is 2.86. The van der Waals surface area contributed by atoms with Crippen molar-refractivity contribution in [3.8, 4) is 11.5 Å². The molecule has 0 aromatic heterocycles. The van der Waals surface area contributed by atoms with E-state index in [1.807, 2.05) is 52.0 Å². The van der Waals surface area contributed by atoms with Gasteiger partial charge in [0.05, 0.1) is 19.9 Å². The van der Waals surface area contributed by atoms with Gasteiger partial charge in [0.15, 0.2) is 11.5 Å². The van der Waals surface area contributed by atoms with Crippen LogP contribution in [-0.2, 0) is 5.60 Å². The van der Waals surface area contributed by atoms with Gasteiger partial charge in [0.2, 0.25) is 0 Å². The molecule has 11 heteroatoms. The molecule has 0 heterocycles. The minimum Gasteiger partial charge on any atom is -0.492 e. The van der Waals surface area contributed by atoms with Crippen LogP contribution in [0.3, 0.4) is 0 Å². The lowest BCUT2D eigenvalue weighted by molar-refractivity contribution is -0.376. The first kappa shape index (κ1) is 34.0. The van der Waals surface area contributed by atoms with E-state index in [-0.39, 0.29) is 11.4 Å². The number of hydrogen-bond acceptors (Lipinski definition) is 5. The molecule has 0 saturated heterocycles. The van der Waals surface area contributed by atoms with Crippen molar-refractivity contribution in [2.75, 3.05) is 32.7 Å². The predicted molar refractivity (Wildman–Crippen MR) is 132 cm³/mol. The van der Waals surface area contributed by atoms with Crippen LogP contribution in [0.15, 0.2) is 36.4 Å². The van der Waals surface area contributed by atoms with E-state index in [9.17, 15) is 36.2 Å². The first-order valence-electron chi connectivity index (χ1n) is 11.5. The van der Waals surface area contributed by atoms with E-state index in [4.69, 9.17) is 9.47 Å². The fourth-order valence-electron chi connectivity index (χ4n) is 3.24. The van der Waals surface area contributed by atoms with Crippen LogP contribution in [0, 0.1) is 6.92 Å². The molecule has 2 aromatic carbocycles. The quantitative estimate of drug-likeness (QED) is 0.287. The zero-order chi connectivity index (χ0) is 29.0. The maximum absolute atomic E-state index is 13.2. The smallest absolute Gasteiger partial charge is 0.430 e. The topological polar surface area (TPSA) is 59.0 Å². The third kappa shape index (κ3) is 8.02. The molecule has 2 aromatic rings. The summed E-state index contributed by atoms with van der Waals surface area (Å²) in [5.74, 6) is -1.15. The Balaban J connectivity index is 0.000000977. The molecule has 0 amide bonds. The maximum Gasteiger partial charge on any atom is 0.430 e. The minimum atomic E-state index is -6.01. The standard InChI is InChI=1S/C16H21F6NO3.C8H8O.C2H6/c1-5-6-9-23(2)11-8-7-10(12(25-3)13(11)26-4)14(24,15(17,18)19)16(20,21)22;1-7-4-2-3-5-8(7)6-9;1-2/h7-8,24H,5-6,9H2,1-4H3;2-6H,1H3;1-2H3. The molecule has 37 heavy (non-hydrogen) atoms. The summed E-state index contributed by atoms with van der Waals surface area (Å²) in [5.41, 5.74) is -4.53. The van der Waals surface area contributed by atoms with Gasteiger partial charge in [0.25, 0.3) is 5.60 Å². The molecule has 0 radical (unpaired) electrons. The molecule has 210 valence electrons.